The fourth-order valence-electron chi connectivity index (χ4n) is 1.06. The van der Waals surface area contributed by atoms with Crippen molar-refractivity contribution in [3.05, 3.63) is 0 Å². The summed E-state index contributed by atoms with van der Waals surface area (Å²) in [5.41, 5.74) is 0. The second-order valence-corrected chi connectivity index (χ2v) is 3.15. The summed E-state index contributed by atoms with van der Waals surface area (Å²) in [7, 11) is 1.67. The van der Waals surface area contributed by atoms with Crippen LogP contribution in [-0.2, 0) is 0 Å². The largest absolute Gasteiger partial charge is 0.464 e. The Bertz CT molecular complexity index is 345. The van der Waals surface area contributed by atoms with Gasteiger partial charge in [0, 0.05) is 7.05 Å². The van der Waals surface area contributed by atoms with Gasteiger partial charge < -0.3 is 25.6 Å². The molecule has 0 saturated carbocycles. The molecule has 4 N–H and O–H groups in total. The molecule has 0 saturated heterocycles. The fraction of sp³-hybridized carbons (Fsp3) is 0.667. The molecule has 1 aromatic heterocycles. The second kappa shape index (κ2) is 6.81. The minimum Gasteiger partial charge on any atom is -0.464 e. The maximum Gasteiger partial charge on any atom is 0.323 e. The lowest BCUT2D eigenvalue weighted by Gasteiger charge is -2.14. The number of ether oxygens (including phenoxy) is 1. The first-order valence-electron chi connectivity index (χ1n) is 5.28. The molecule has 0 aliphatic heterocycles. The summed E-state index contributed by atoms with van der Waals surface area (Å²) in [6.07, 6.45) is 0. The lowest BCUT2D eigenvalue weighted by Crippen LogP contribution is -2.29. The van der Waals surface area contributed by atoms with Gasteiger partial charge in [-0.05, 0) is 6.92 Å². The van der Waals surface area contributed by atoms with Crippen LogP contribution >= 0.6 is 0 Å². The molecule has 1 heterocycles. The van der Waals surface area contributed by atoms with Gasteiger partial charge in [-0.15, -0.1) is 0 Å². The Hall–Kier alpha value is -1.67. The Morgan fingerprint density at radius 1 is 1.18 bits per heavy atom. The molecule has 0 fully saturated rings. The van der Waals surface area contributed by atoms with Crippen molar-refractivity contribution >= 4 is 11.9 Å². The maximum absolute atomic E-state index is 8.95. The molecule has 0 aliphatic carbocycles. The molecule has 8 heteroatoms. The molecule has 8 nitrogen and oxygen atoms in total. The summed E-state index contributed by atoms with van der Waals surface area (Å²) in [5, 5.41) is 23.4. The van der Waals surface area contributed by atoms with E-state index in [9.17, 15) is 0 Å². The highest BCUT2D eigenvalue weighted by Gasteiger charge is 2.10. The van der Waals surface area contributed by atoms with Crippen molar-refractivity contribution in [1.29, 1.82) is 0 Å². The van der Waals surface area contributed by atoms with E-state index < -0.39 is 6.04 Å². The third kappa shape index (κ3) is 4.00. The van der Waals surface area contributed by atoms with E-state index in [0.717, 1.165) is 0 Å². The normalized spacial score (nSPS) is 10.4. The highest BCUT2D eigenvalue weighted by Crippen LogP contribution is 2.11. The standard InChI is InChI=1S/C9H17N5O3/c1-3-17-9-13-7(10-2)12-8(14-9)11-6(4-15)5-16/h6,15-16H,3-5H2,1-2H3,(H2,10,11,12,13,14). The molecule has 1 aromatic rings. The molecule has 17 heavy (non-hydrogen) atoms. The molecule has 0 amide bonds. The number of hydrogen-bond donors (Lipinski definition) is 4. The van der Waals surface area contributed by atoms with E-state index >= 15 is 0 Å². The number of aliphatic hydroxyl groups is 2. The minimum absolute atomic E-state index is 0.184. The average Bonchev–Trinajstić information content (AvgIpc) is 2.36. The molecular weight excluding hydrogens is 226 g/mol. The topological polar surface area (TPSA) is 112 Å². The van der Waals surface area contributed by atoms with Crippen molar-refractivity contribution in [3.8, 4) is 6.01 Å². The predicted octanol–water partition coefficient (Wildman–Crippen LogP) is -0.923. The van der Waals surface area contributed by atoms with Gasteiger partial charge in [0.25, 0.3) is 0 Å². The third-order valence-corrected chi connectivity index (χ3v) is 1.89. The molecule has 96 valence electrons. The van der Waals surface area contributed by atoms with Crippen molar-refractivity contribution in [2.24, 2.45) is 0 Å². The minimum atomic E-state index is -0.517. The Kier molecular flexibility index (Phi) is 5.37. The first-order valence-corrected chi connectivity index (χ1v) is 5.28. The highest BCUT2D eigenvalue weighted by molar-refractivity contribution is 5.36. The summed E-state index contributed by atoms with van der Waals surface area (Å²) in [5.74, 6) is 0.585. The van der Waals surface area contributed by atoms with E-state index in [4.69, 9.17) is 14.9 Å². The SMILES string of the molecule is CCOc1nc(NC)nc(NC(CO)CO)n1. The van der Waals surface area contributed by atoms with Crippen LogP contribution in [0, 0.1) is 0 Å². The monoisotopic (exact) mass is 243 g/mol. The Labute approximate surface area is 99.1 Å². The van der Waals surface area contributed by atoms with E-state index in [2.05, 4.69) is 25.6 Å². The van der Waals surface area contributed by atoms with Gasteiger partial charge in [0.05, 0.1) is 25.9 Å². The van der Waals surface area contributed by atoms with Crippen molar-refractivity contribution in [1.82, 2.24) is 15.0 Å². The fourth-order valence-corrected chi connectivity index (χ4v) is 1.06. The zero-order valence-corrected chi connectivity index (χ0v) is 9.84. The molecule has 0 radical (unpaired) electrons. The highest BCUT2D eigenvalue weighted by atomic mass is 16.5. The molecule has 0 bridgehead atoms. The number of anilines is 2. The van der Waals surface area contributed by atoms with Crippen LogP contribution in [0.4, 0.5) is 11.9 Å². The third-order valence-electron chi connectivity index (χ3n) is 1.89. The van der Waals surface area contributed by atoms with Gasteiger partial charge in [0.1, 0.15) is 0 Å². The first-order chi connectivity index (χ1) is 8.23. The molecule has 0 atom stereocenters. The summed E-state index contributed by atoms with van der Waals surface area (Å²) in [6.45, 7) is 1.82. The number of hydrogen-bond acceptors (Lipinski definition) is 8. The summed E-state index contributed by atoms with van der Waals surface area (Å²) < 4.78 is 5.17. The first kappa shape index (κ1) is 13.4. The van der Waals surface area contributed by atoms with Gasteiger partial charge in [-0.25, -0.2) is 0 Å². The molecule has 0 spiro atoms. The number of rotatable bonds is 7. The van der Waals surface area contributed by atoms with Crippen LogP contribution in [0.15, 0.2) is 0 Å². The summed E-state index contributed by atoms with van der Waals surface area (Å²) >= 11 is 0. The lowest BCUT2D eigenvalue weighted by molar-refractivity contribution is 0.203. The van der Waals surface area contributed by atoms with Crippen molar-refractivity contribution in [2.45, 2.75) is 13.0 Å². The Morgan fingerprint density at radius 3 is 2.35 bits per heavy atom. The molecule has 0 aliphatic rings. The van der Waals surface area contributed by atoms with Gasteiger partial charge in [-0.1, -0.05) is 0 Å². The zero-order chi connectivity index (χ0) is 12.7. The quantitative estimate of drug-likeness (QED) is 0.486. The Morgan fingerprint density at radius 2 is 1.82 bits per heavy atom. The number of nitrogens with one attached hydrogen (secondary N) is 2. The predicted molar refractivity (Wildman–Crippen MR) is 62.1 cm³/mol. The van der Waals surface area contributed by atoms with Gasteiger partial charge in [-0.2, -0.15) is 15.0 Å². The zero-order valence-electron chi connectivity index (χ0n) is 9.84. The van der Waals surface area contributed by atoms with Crippen LogP contribution in [0.2, 0.25) is 0 Å². The van der Waals surface area contributed by atoms with Crippen LogP contribution in [0.25, 0.3) is 0 Å². The van der Waals surface area contributed by atoms with E-state index in [-0.39, 0.29) is 25.2 Å². The Balaban J connectivity index is 2.85. The number of aliphatic hydroxyl groups excluding tert-OH is 2. The number of nitrogens with zero attached hydrogens (tertiary/aromatic N) is 3. The molecule has 0 unspecified atom stereocenters. The van der Waals surface area contributed by atoms with E-state index in [0.29, 0.717) is 12.6 Å². The summed E-state index contributed by atoms with van der Waals surface area (Å²) in [4.78, 5) is 12.0. The van der Waals surface area contributed by atoms with Crippen molar-refractivity contribution in [3.63, 3.8) is 0 Å². The van der Waals surface area contributed by atoms with E-state index in [1.165, 1.54) is 0 Å². The van der Waals surface area contributed by atoms with Gasteiger partial charge in [0.15, 0.2) is 0 Å². The van der Waals surface area contributed by atoms with Crippen LogP contribution < -0.4 is 15.4 Å². The lowest BCUT2D eigenvalue weighted by atomic mass is 10.3. The molecule has 0 aromatic carbocycles. The van der Waals surface area contributed by atoms with Gasteiger partial charge in [0.2, 0.25) is 11.9 Å². The average molecular weight is 243 g/mol. The van der Waals surface area contributed by atoms with Crippen LogP contribution in [-0.4, -0.2) is 58.1 Å². The number of aromatic nitrogens is 3. The molecule has 1 rings (SSSR count). The second-order valence-electron chi connectivity index (χ2n) is 3.15. The van der Waals surface area contributed by atoms with Gasteiger partial charge in [-0.3, -0.25) is 0 Å². The van der Waals surface area contributed by atoms with E-state index in [1.54, 1.807) is 7.05 Å². The van der Waals surface area contributed by atoms with E-state index in [1.807, 2.05) is 6.92 Å². The summed E-state index contributed by atoms with van der Waals surface area (Å²) in [6, 6.07) is -0.333. The van der Waals surface area contributed by atoms with Crippen molar-refractivity contribution < 1.29 is 14.9 Å². The van der Waals surface area contributed by atoms with Crippen molar-refractivity contribution in [2.75, 3.05) is 37.5 Å². The smallest absolute Gasteiger partial charge is 0.323 e. The van der Waals surface area contributed by atoms with Crippen LogP contribution in [0.3, 0.4) is 0 Å². The molecular formula is C9H17N5O3. The van der Waals surface area contributed by atoms with Gasteiger partial charge >= 0.3 is 6.01 Å². The van der Waals surface area contributed by atoms with Crippen LogP contribution in [0.1, 0.15) is 6.92 Å². The maximum atomic E-state index is 8.95. The van der Waals surface area contributed by atoms with Crippen LogP contribution in [0.5, 0.6) is 6.01 Å².